The second kappa shape index (κ2) is 13.1. The van der Waals surface area contributed by atoms with Gasteiger partial charge in [-0.25, -0.2) is 4.39 Å². The van der Waals surface area contributed by atoms with Crippen LogP contribution in [0.2, 0.25) is 0 Å². The van der Waals surface area contributed by atoms with E-state index < -0.39 is 11.8 Å². The Balaban J connectivity index is 3.70. The Labute approximate surface area is 143 Å². The van der Waals surface area contributed by atoms with Crippen LogP contribution in [-0.4, -0.2) is 69.7 Å². The highest BCUT2D eigenvalue weighted by Crippen LogP contribution is 2.17. The predicted molar refractivity (Wildman–Crippen MR) is 88.5 cm³/mol. The molecule has 1 atom stereocenters. The third kappa shape index (κ3) is 11.3. The van der Waals surface area contributed by atoms with Crippen molar-refractivity contribution < 1.29 is 28.2 Å². The van der Waals surface area contributed by atoms with Gasteiger partial charge in [-0.15, -0.1) is 0 Å². The summed E-state index contributed by atoms with van der Waals surface area (Å²) in [5.41, 5.74) is -1.02. The fourth-order valence-electron chi connectivity index (χ4n) is 1.64. The molecule has 7 nitrogen and oxygen atoms in total. The van der Waals surface area contributed by atoms with E-state index in [0.29, 0.717) is 32.8 Å². The van der Waals surface area contributed by atoms with Crippen LogP contribution in [0.3, 0.4) is 0 Å². The van der Waals surface area contributed by atoms with Gasteiger partial charge in [-0.1, -0.05) is 6.92 Å². The number of carbonyl (C=O) groups is 2. The average Bonchev–Trinajstić information content (AvgIpc) is 2.56. The normalized spacial score (nSPS) is 12.7. The number of nitrogens with one attached hydrogen (secondary N) is 2. The van der Waals surface area contributed by atoms with E-state index in [0.717, 1.165) is 0 Å². The molecule has 24 heavy (non-hydrogen) atoms. The van der Waals surface area contributed by atoms with Crippen molar-refractivity contribution in [1.29, 1.82) is 0 Å². The molecule has 0 spiro atoms. The zero-order valence-electron chi connectivity index (χ0n) is 15.2. The Morgan fingerprint density at radius 1 is 1.04 bits per heavy atom. The molecule has 0 aliphatic heterocycles. The molecule has 0 bridgehead atoms. The Morgan fingerprint density at radius 2 is 1.75 bits per heavy atom. The van der Waals surface area contributed by atoms with Crippen molar-refractivity contribution in [2.45, 2.75) is 45.9 Å². The summed E-state index contributed by atoms with van der Waals surface area (Å²) in [5.74, 6) is -0.379. The third-order valence-corrected chi connectivity index (χ3v) is 3.26. The van der Waals surface area contributed by atoms with Crippen molar-refractivity contribution in [3.05, 3.63) is 0 Å². The zero-order valence-corrected chi connectivity index (χ0v) is 15.2. The molecule has 0 rings (SSSR count). The van der Waals surface area contributed by atoms with Crippen LogP contribution in [0.1, 0.15) is 34.1 Å². The first-order valence-corrected chi connectivity index (χ1v) is 8.30. The first kappa shape index (κ1) is 22.8. The van der Waals surface area contributed by atoms with Crippen molar-refractivity contribution in [2.75, 3.05) is 46.1 Å². The van der Waals surface area contributed by atoms with Gasteiger partial charge in [0.25, 0.3) is 0 Å². The van der Waals surface area contributed by atoms with E-state index in [1.807, 2.05) is 6.92 Å². The molecule has 0 saturated heterocycles. The largest absolute Gasteiger partial charge is 0.377 e. The van der Waals surface area contributed by atoms with Crippen LogP contribution < -0.4 is 10.6 Å². The standard InChI is InChI=1S/C16H31FN2O5/c1-5-14(20)19-11-13(17)16(3,4)24-10-9-23-8-7-18-15(21)12-22-6-2/h13H,5-12H2,1-4H3,(H,18,21)(H,19,20). The van der Waals surface area contributed by atoms with Crippen LogP contribution in [0.5, 0.6) is 0 Å². The molecule has 1 unspecified atom stereocenters. The summed E-state index contributed by atoms with van der Waals surface area (Å²) in [6.07, 6.45) is -0.992. The number of rotatable bonds is 14. The Morgan fingerprint density at radius 3 is 2.38 bits per heavy atom. The summed E-state index contributed by atoms with van der Waals surface area (Å²) in [6, 6.07) is 0. The van der Waals surface area contributed by atoms with Crippen LogP contribution >= 0.6 is 0 Å². The van der Waals surface area contributed by atoms with Gasteiger partial charge in [0, 0.05) is 19.6 Å². The van der Waals surface area contributed by atoms with Gasteiger partial charge in [-0.2, -0.15) is 0 Å². The second-order valence-electron chi connectivity index (χ2n) is 5.68. The lowest BCUT2D eigenvalue weighted by Crippen LogP contribution is -2.44. The number of hydrogen-bond donors (Lipinski definition) is 2. The number of halogens is 1. The highest BCUT2D eigenvalue weighted by atomic mass is 19.1. The average molecular weight is 350 g/mol. The van der Waals surface area contributed by atoms with Gasteiger partial charge >= 0.3 is 0 Å². The van der Waals surface area contributed by atoms with Gasteiger partial charge in [0.2, 0.25) is 11.8 Å². The Hall–Kier alpha value is -1.25. The van der Waals surface area contributed by atoms with Gasteiger partial charge in [-0.05, 0) is 20.8 Å². The topological polar surface area (TPSA) is 85.9 Å². The van der Waals surface area contributed by atoms with E-state index in [2.05, 4.69) is 10.6 Å². The summed E-state index contributed by atoms with van der Waals surface area (Å²) >= 11 is 0. The summed E-state index contributed by atoms with van der Waals surface area (Å²) in [6.45, 7) is 8.48. The maximum absolute atomic E-state index is 14.1. The van der Waals surface area contributed by atoms with Crippen molar-refractivity contribution in [3.8, 4) is 0 Å². The second-order valence-corrected chi connectivity index (χ2v) is 5.68. The first-order chi connectivity index (χ1) is 11.3. The smallest absolute Gasteiger partial charge is 0.246 e. The van der Waals surface area contributed by atoms with Crippen LogP contribution in [0, 0.1) is 0 Å². The molecule has 0 heterocycles. The molecule has 0 aromatic carbocycles. The van der Waals surface area contributed by atoms with E-state index in [-0.39, 0.29) is 31.6 Å². The molecule has 0 aromatic heterocycles. The van der Waals surface area contributed by atoms with Crippen LogP contribution in [-0.2, 0) is 23.8 Å². The lowest BCUT2D eigenvalue weighted by Gasteiger charge is -2.29. The zero-order chi connectivity index (χ0) is 18.4. The van der Waals surface area contributed by atoms with Crippen LogP contribution in [0.4, 0.5) is 4.39 Å². The first-order valence-electron chi connectivity index (χ1n) is 8.30. The summed E-state index contributed by atoms with van der Waals surface area (Å²) in [4.78, 5) is 22.4. The van der Waals surface area contributed by atoms with Gasteiger partial charge in [-0.3, -0.25) is 9.59 Å². The molecular weight excluding hydrogens is 319 g/mol. The molecule has 142 valence electrons. The highest BCUT2D eigenvalue weighted by molar-refractivity contribution is 5.77. The van der Waals surface area contributed by atoms with Crippen molar-refractivity contribution in [3.63, 3.8) is 0 Å². The van der Waals surface area contributed by atoms with Crippen molar-refractivity contribution >= 4 is 11.8 Å². The fraction of sp³-hybridized carbons (Fsp3) is 0.875. The molecule has 0 aliphatic carbocycles. The molecule has 0 saturated carbocycles. The fourth-order valence-corrected chi connectivity index (χ4v) is 1.64. The molecule has 2 amide bonds. The predicted octanol–water partition coefficient (Wildman–Crippen LogP) is 0.815. The minimum Gasteiger partial charge on any atom is -0.377 e. The molecule has 0 aromatic rings. The van der Waals surface area contributed by atoms with Gasteiger partial charge in [0.05, 0.1) is 32.0 Å². The SMILES string of the molecule is CCOCC(=O)NCCOCCOC(C)(C)C(F)CNC(=O)CC. The van der Waals surface area contributed by atoms with Gasteiger partial charge in [0.15, 0.2) is 0 Å². The number of carbonyl (C=O) groups excluding carboxylic acids is 2. The summed E-state index contributed by atoms with van der Waals surface area (Å²) in [7, 11) is 0. The molecular formula is C16H31FN2O5. The Bertz CT molecular complexity index is 366. The number of amides is 2. The maximum Gasteiger partial charge on any atom is 0.246 e. The molecule has 0 radical (unpaired) electrons. The maximum atomic E-state index is 14.1. The number of ether oxygens (including phenoxy) is 3. The van der Waals surface area contributed by atoms with E-state index in [1.165, 1.54) is 0 Å². The van der Waals surface area contributed by atoms with Crippen molar-refractivity contribution in [2.24, 2.45) is 0 Å². The minimum atomic E-state index is -1.31. The van der Waals surface area contributed by atoms with Crippen LogP contribution in [0.15, 0.2) is 0 Å². The monoisotopic (exact) mass is 350 g/mol. The number of hydrogen-bond acceptors (Lipinski definition) is 5. The van der Waals surface area contributed by atoms with Gasteiger partial charge in [0.1, 0.15) is 12.8 Å². The quantitative estimate of drug-likeness (QED) is 0.453. The van der Waals surface area contributed by atoms with Crippen molar-refractivity contribution in [1.82, 2.24) is 10.6 Å². The highest BCUT2D eigenvalue weighted by Gasteiger charge is 2.30. The third-order valence-electron chi connectivity index (χ3n) is 3.26. The van der Waals surface area contributed by atoms with Crippen LogP contribution in [0.25, 0.3) is 0 Å². The molecule has 0 fully saturated rings. The van der Waals surface area contributed by atoms with E-state index in [9.17, 15) is 14.0 Å². The lowest BCUT2D eigenvalue weighted by atomic mass is 10.0. The van der Waals surface area contributed by atoms with E-state index in [1.54, 1.807) is 20.8 Å². The number of alkyl halides is 1. The minimum absolute atomic E-state index is 0.0419. The summed E-state index contributed by atoms with van der Waals surface area (Å²) in [5, 5.41) is 5.15. The lowest BCUT2D eigenvalue weighted by molar-refractivity contribution is -0.125. The Kier molecular flexibility index (Phi) is 12.4. The molecule has 2 N–H and O–H groups in total. The van der Waals surface area contributed by atoms with E-state index >= 15 is 0 Å². The molecule has 0 aliphatic rings. The van der Waals surface area contributed by atoms with E-state index in [4.69, 9.17) is 14.2 Å². The molecule has 8 heteroatoms. The summed E-state index contributed by atoms with van der Waals surface area (Å²) < 4.78 is 29.8. The van der Waals surface area contributed by atoms with Gasteiger partial charge < -0.3 is 24.8 Å².